The van der Waals surface area contributed by atoms with Crippen LogP contribution in [0.3, 0.4) is 0 Å². The minimum atomic E-state index is -0.879. The van der Waals surface area contributed by atoms with E-state index in [9.17, 15) is 4.79 Å². The van der Waals surface area contributed by atoms with Crippen LogP contribution in [0.25, 0.3) is 0 Å². The van der Waals surface area contributed by atoms with Gasteiger partial charge in [-0.1, -0.05) is 43.1 Å². The largest absolute Gasteiger partial charge is 0.315 e. The molecule has 2 rings (SSSR count). The average molecular weight is 238 g/mol. The molecule has 0 bridgehead atoms. The number of benzene rings is 1. The van der Waals surface area contributed by atoms with E-state index >= 15 is 0 Å². The van der Waals surface area contributed by atoms with E-state index in [1.54, 1.807) is 6.07 Å². The van der Waals surface area contributed by atoms with Crippen molar-refractivity contribution in [2.45, 2.75) is 31.7 Å². The van der Waals surface area contributed by atoms with E-state index in [0.29, 0.717) is 11.4 Å². The summed E-state index contributed by atoms with van der Waals surface area (Å²) in [4.78, 5) is 12.2. The summed E-state index contributed by atoms with van der Waals surface area (Å²) in [6.07, 6.45) is 2.61. The van der Waals surface area contributed by atoms with Gasteiger partial charge in [0.1, 0.15) is 5.54 Å². The predicted molar refractivity (Wildman–Crippen MR) is 65.3 cm³/mol. The molecule has 1 aromatic rings. The molecule has 0 amide bonds. The Kier molecular flexibility index (Phi) is 3.04. The third-order valence-corrected chi connectivity index (χ3v) is 3.78. The number of rotatable bonds is 1. The molecule has 16 heavy (non-hydrogen) atoms. The first kappa shape index (κ1) is 11.6. The number of Topliss-reactive ketones (excluding diaryl/α,β-unsaturated/α-hetero) is 1. The second-order valence-corrected chi connectivity index (χ2v) is 5.02. The van der Waals surface area contributed by atoms with Crippen molar-refractivity contribution in [3.8, 4) is 0 Å². The van der Waals surface area contributed by atoms with Crippen LogP contribution in [0.5, 0.6) is 0 Å². The molecule has 3 heteroatoms. The molecule has 2 N–H and O–H groups in total. The summed E-state index contributed by atoms with van der Waals surface area (Å²) >= 11 is 6.13. The molecular formula is C13H16ClNO. The van der Waals surface area contributed by atoms with Gasteiger partial charge in [0.25, 0.3) is 0 Å². The van der Waals surface area contributed by atoms with Crippen LogP contribution in [0.2, 0.25) is 5.02 Å². The van der Waals surface area contributed by atoms with Crippen molar-refractivity contribution >= 4 is 17.4 Å². The summed E-state index contributed by atoms with van der Waals surface area (Å²) in [6.45, 7) is 1.94. The lowest BCUT2D eigenvalue weighted by Crippen LogP contribution is -2.50. The fourth-order valence-corrected chi connectivity index (χ4v) is 2.78. The molecule has 0 aliphatic heterocycles. The molecule has 0 aromatic heterocycles. The van der Waals surface area contributed by atoms with Crippen LogP contribution in [-0.4, -0.2) is 5.78 Å². The van der Waals surface area contributed by atoms with E-state index < -0.39 is 5.54 Å². The highest BCUT2D eigenvalue weighted by molar-refractivity contribution is 6.31. The van der Waals surface area contributed by atoms with Crippen molar-refractivity contribution in [3.05, 3.63) is 34.9 Å². The highest BCUT2D eigenvalue weighted by Crippen LogP contribution is 2.37. The van der Waals surface area contributed by atoms with Crippen molar-refractivity contribution in [1.82, 2.24) is 0 Å². The van der Waals surface area contributed by atoms with E-state index in [2.05, 4.69) is 0 Å². The predicted octanol–water partition coefficient (Wildman–Crippen LogP) is 2.88. The van der Waals surface area contributed by atoms with Gasteiger partial charge in [0.2, 0.25) is 0 Å². The molecule has 1 saturated carbocycles. The topological polar surface area (TPSA) is 43.1 Å². The maximum absolute atomic E-state index is 12.2. The lowest BCUT2D eigenvalue weighted by molar-refractivity contribution is -0.130. The summed E-state index contributed by atoms with van der Waals surface area (Å²) in [5, 5.41) is 0.590. The van der Waals surface area contributed by atoms with Gasteiger partial charge in [-0.05, 0) is 24.5 Å². The summed E-state index contributed by atoms with van der Waals surface area (Å²) in [5.74, 6) is 0.155. The van der Waals surface area contributed by atoms with Gasteiger partial charge < -0.3 is 5.73 Å². The third-order valence-electron chi connectivity index (χ3n) is 3.45. The Morgan fingerprint density at radius 1 is 1.44 bits per heavy atom. The van der Waals surface area contributed by atoms with Crippen LogP contribution in [0.1, 0.15) is 31.7 Å². The lowest BCUT2D eigenvalue weighted by atomic mass is 9.72. The fraction of sp³-hybridized carbons (Fsp3) is 0.462. The van der Waals surface area contributed by atoms with Crippen LogP contribution in [-0.2, 0) is 10.3 Å². The van der Waals surface area contributed by atoms with Crippen LogP contribution in [0, 0.1) is 5.92 Å². The monoisotopic (exact) mass is 237 g/mol. The van der Waals surface area contributed by atoms with Gasteiger partial charge in [-0.3, -0.25) is 4.79 Å². The van der Waals surface area contributed by atoms with Gasteiger partial charge in [0, 0.05) is 10.9 Å². The van der Waals surface area contributed by atoms with Crippen molar-refractivity contribution in [3.63, 3.8) is 0 Å². The molecule has 1 aliphatic rings. The molecule has 2 nitrogen and oxygen atoms in total. The molecule has 1 fully saturated rings. The summed E-state index contributed by atoms with van der Waals surface area (Å²) in [6, 6.07) is 7.38. The zero-order chi connectivity index (χ0) is 11.8. The molecule has 0 heterocycles. The fourth-order valence-electron chi connectivity index (χ4n) is 2.47. The SMILES string of the molecule is CC1CCC[C@@](N)(c2ccccc2Cl)C1=O. The molecule has 0 radical (unpaired) electrons. The zero-order valence-corrected chi connectivity index (χ0v) is 10.1. The summed E-state index contributed by atoms with van der Waals surface area (Å²) in [7, 11) is 0. The van der Waals surface area contributed by atoms with E-state index in [1.807, 2.05) is 25.1 Å². The van der Waals surface area contributed by atoms with Gasteiger partial charge in [-0.25, -0.2) is 0 Å². The Labute approximate surface area is 101 Å². The number of halogens is 1. The summed E-state index contributed by atoms with van der Waals surface area (Å²) < 4.78 is 0. The van der Waals surface area contributed by atoms with Crippen molar-refractivity contribution in [2.24, 2.45) is 11.7 Å². The Hall–Kier alpha value is -0.860. The second-order valence-electron chi connectivity index (χ2n) is 4.61. The number of carbonyl (C=O) groups excluding carboxylic acids is 1. The van der Waals surface area contributed by atoms with E-state index in [-0.39, 0.29) is 11.7 Å². The van der Waals surface area contributed by atoms with Gasteiger partial charge in [0.15, 0.2) is 5.78 Å². The molecule has 0 saturated heterocycles. The number of ketones is 1. The first-order valence-electron chi connectivity index (χ1n) is 5.64. The second kappa shape index (κ2) is 4.19. The minimum absolute atomic E-state index is 0.0371. The quantitative estimate of drug-likeness (QED) is 0.816. The number of hydrogen-bond acceptors (Lipinski definition) is 2. The standard InChI is InChI=1S/C13H16ClNO/c1-9-5-4-8-13(15,12(9)16)10-6-2-3-7-11(10)14/h2-3,6-7,9H,4-5,8,15H2,1H3/t9?,13-/m1/s1. The highest BCUT2D eigenvalue weighted by Gasteiger charge is 2.42. The average Bonchev–Trinajstić information content (AvgIpc) is 2.26. The minimum Gasteiger partial charge on any atom is -0.315 e. The van der Waals surface area contributed by atoms with Crippen molar-refractivity contribution < 1.29 is 4.79 Å². The molecule has 1 unspecified atom stereocenters. The van der Waals surface area contributed by atoms with Crippen LogP contribution in [0.4, 0.5) is 0 Å². The van der Waals surface area contributed by atoms with Gasteiger partial charge in [-0.2, -0.15) is 0 Å². The lowest BCUT2D eigenvalue weighted by Gasteiger charge is -2.36. The highest BCUT2D eigenvalue weighted by atomic mass is 35.5. The smallest absolute Gasteiger partial charge is 0.160 e. The Morgan fingerprint density at radius 3 is 2.81 bits per heavy atom. The van der Waals surface area contributed by atoms with Gasteiger partial charge >= 0.3 is 0 Å². The Bertz CT molecular complexity index is 418. The Balaban J connectivity index is 2.45. The molecule has 2 atom stereocenters. The van der Waals surface area contributed by atoms with Gasteiger partial charge in [-0.15, -0.1) is 0 Å². The van der Waals surface area contributed by atoms with Crippen LogP contribution in [0.15, 0.2) is 24.3 Å². The first-order valence-corrected chi connectivity index (χ1v) is 6.01. The van der Waals surface area contributed by atoms with Gasteiger partial charge in [0.05, 0.1) is 0 Å². The van der Waals surface area contributed by atoms with E-state index in [0.717, 1.165) is 18.4 Å². The normalized spacial score (nSPS) is 30.4. The molecule has 86 valence electrons. The summed E-state index contributed by atoms with van der Waals surface area (Å²) in [5.41, 5.74) is 6.17. The first-order chi connectivity index (χ1) is 7.55. The molecule has 1 aliphatic carbocycles. The number of hydrogen-bond donors (Lipinski definition) is 1. The molecule has 0 spiro atoms. The maximum atomic E-state index is 12.2. The zero-order valence-electron chi connectivity index (χ0n) is 9.37. The number of carbonyl (C=O) groups is 1. The maximum Gasteiger partial charge on any atom is 0.160 e. The Morgan fingerprint density at radius 2 is 2.12 bits per heavy atom. The van der Waals surface area contributed by atoms with Crippen LogP contribution >= 0.6 is 11.6 Å². The molecular weight excluding hydrogens is 222 g/mol. The third kappa shape index (κ3) is 1.76. The van der Waals surface area contributed by atoms with Crippen molar-refractivity contribution in [1.29, 1.82) is 0 Å². The molecule has 1 aromatic carbocycles. The van der Waals surface area contributed by atoms with Crippen LogP contribution < -0.4 is 5.73 Å². The van der Waals surface area contributed by atoms with Crippen molar-refractivity contribution in [2.75, 3.05) is 0 Å². The number of nitrogens with two attached hydrogens (primary N) is 1. The van der Waals surface area contributed by atoms with E-state index in [4.69, 9.17) is 17.3 Å². The van der Waals surface area contributed by atoms with E-state index in [1.165, 1.54) is 0 Å².